The van der Waals surface area contributed by atoms with Gasteiger partial charge in [0, 0.05) is 26.3 Å². The number of carbonyl (C=O) groups is 3. The Kier molecular flexibility index (Phi) is 10.1. The molecule has 7 nitrogen and oxygen atoms in total. The molecule has 0 bridgehead atoms. The summed E-state index contributed by atoms with van der Waals surface area (Å²) >= 11 is 4.72. The van der Waals surface area contributed by atoms with E-state index in [9.17, 15) is 14.4 Å². The first-order chi connectivity index (χ1) is 19.4. The predicted molar refractivity (Wildman–Crippen MR) is 163 cm³/mol. The molecule has 9 heteroatoms. The zero-order valence-corrected chi connectivity index (χ0v) is 23.9. The molecule has 3 amide bonds. The number of methoxy groups -OCH3 is 1. The maximum atomic E-state index is 13.3. The fourth-order valence-electron chi connectivity index (χ4n) is 3.55. The first-order valence-electron chi connectivity index (χ1n) is 12.2. The normalized spacial score (nSPS) is 10.9. The number of amides is 3. The number of hydrogen-bond acceptors (Lipinski definition) is 5. The molecule has 0 aliphatic rings. The van der Waals surface area contributed by atoms with Crippen LogP contribution in [-0.4, -0.2) is 30.6 Å². The number of rotatable bonds is 10. The second-order valence-electron chi connectivity index (χ2n) is 8.48. The highest BCUT2D eigenvalue weighted by Crippen LogP contribution is 2.23. The summed E-state index contributed by atoms with van der Waals surface area (Å²) in [5.41, 5.74) is 2.45. The minimum absolute atomic E-state index is 0.0750. The van der Waals surface area contributed by atoms with E-state index in [4.69, 9.17) is 4.74 Å². The van der Waals surface area contributed by atoms with Gasteiger partial charge in [0.25, 0.3) is 11.8 Å². The number of ether oxygens (including phenoxy) is 1. The van der Waals surface area contributed by atoms with Crippen LogP contribution in [0, 0.1) is 0 Å². The molecule has 0 heterocycles. The van der Waals surface area contributed by atoms with Crippen molar-refractivity contribution >= 4 is 62.9 Å². The van der Waals surface area contributed by atoms with Gasteiger partial charge in [-0.1, -0.05) is 52.3 Å². The molecule has 0 aliphatic carbocycles. The largest absolute Gasteiger partial charge is 0.497 e. The highest BCUT2D eigenvalue weighted by atomic mass is 79.9. The van der Waals surface area contributed by atoms with Crippen LogP contribution in [-0.2, 0) is 9.59 Å². The molecule has 0 spiro atoms. The molecule has 0 fully saturated rings. The molecule has 3 N–H and O–H groups in total. The average molecular weight is 617 g/mol. The van der Waals surface area contributed by atoms with E-state index in [2.05, 4.69) is 31.9 Å². The van der Waals surface area contributed by atoms with E-state index in [1.807, 2.05) is 36.4 Å². The van der Waals surface area contributed by atoms with E-state index in [0.29, 0.717) is 28.3 Å². The maximum Gasteiger partial charge on any atom is 0.272 e. The fraction of sp³-hybridized carbons (Fsp3) is 0.0645. The molecule has 0 saturated heterocycles. The Hall–Kier alpha value is -4.34. The van der Waals surface area contributed by atoms with Crippen molar-refractivity contribution in [2.45, 2.75) is 4.90 Å². The van der Waals surface area contributed by atoms with Gasteiger partial charge < -0.3 is 20.7 Å². The molecule has 0 aromatic heterocycles. The van der Waals surface area contributed by atoms with Gasteiger partial charge >= 0.3 is 0 Å². The van der Waals surface area contributed by atoms with Gasteiger partial charge in [-0.25, -0.2) is 0 Å². The first kappa shape index (κ1) is 28.7. The molecule has 0 unspecified atom stereocenters. The molecule has 4 aromatic carbocycles. The molecule has 4 aromatic rings. The summed E-state index contributed by atoms with van der Waals surface area (Å²) in [4.78, 5) is 39.4. The van der Waals surface area contributed by atoms with Crippen molar-refractivity contribution in [3.05, 3.63) is 124 Å². The second-order valence-corrected chi connectivity index (χ2v) is 10.4. The van der Waals surface area contributed by atoms with E-state index < -0.39 is 11.8 Å². The van der Waals surface area contributed by atoms with Gasteiger partial charge in [-0.3, -0.25) is 14.4 Å². The lowest BCUT2D eigenvalue weighted by atomic mass is 10.1. The van der Waals surface area contributed by atoms with Crippen molar-refractivity contribution in [1.82, 2.24) is 5.32 Å². The minimum atomic E-state index is -0.491. The van der Waals surface area contributed by atoms with E-state index >= 15 is 0 Å². The summed E-state index contributed by atoms with van der Waals surface area (Å²) < 4.78 is 6.14. The van der Waals surface area contributed by atoms with Crippen LogP contribution in [0.1, 0.15) is 15.9 Å². The molecule has 0 radical (unpaired) electrons. The lowest BCUT2D eigenvalue weighted by Gasteiger charge is -2.12. The quantitative estimate of drug-likeness (QED) is 0.138. The maximum absolute atomic E-state index is 13.3. The van der Waals surface area contributed by atoms with Crippen LogP contribution in [0.4, 0.5) is 11.4 Å². The number of halogens is 1. The van der Waals surface area contributed by atoms with Crippen LogP contribution >= 0.6 is 27.7 Å². The van der Waals surface area contributed by atoms with Gasteiger partial charge in [0.1, 0.15) is 11.4 Å². The van der Waals surface area contributed by atoms with Gasteiger partial charge in [0.05, 0.1) is 12.9 Å². The smallest absolute Gasteiger partial charge is 0.272 e. The number of hydrogen-bond donors (Lipinski definition) is 3. The van der Waals surface area contributed by atoms with Gasteiger partial charge in [0.15, 0.2) is 0 Å². The van der Waals surface area contributed by atoms with Crippen LogP contribution in [0.5, 0.6) is 5.75 Å². The van der Waals surface area contributed by atoms with Crippen LogP contribution < -0.4 is 20.7 Å². The molecular formula is C31H26BrN3O4S. The standard InChI is InChI=1S/C31H26BrN3O4S/c1-39-26-16-10-21(11-17-26)18-28(35-30(37)22-6-3-2-4-7-22)31(38)34-25-8-5-9-27(19-25)40-20-29(36)33-24-14-12-23(32)13-15-24/h2-19H,20H2,1H3,(H,33,36)(H,34,38)(H,35,37)/b28-18+. The van der Waals surface area contributed by atoms with Crippen LogP contribution in [0.2, 0.25) is 0 Å². The van der Waals surface area contributed by atoms with Crippen molar-refractivity contribution in [3.63, 3.8) is 0 Å². The lowest BCUT2D eigenvalue weighted by Crippen LogP contribution is -2.30. The Bertz CT molecular complexity index is 1510. The van der Waals surface area contributed by atoms with Crippen molar-refractivity contribution in [3.8, 4) is 5.75 Å². The first-order valence-corrected chi connectivity index (χ1v) is 14.0. The number of anilines is 2. The topological polar surface area (TPSA) is 96.5 Å². The van der Waals surface area contributed by atoms with E-state index in [-0.39, 0.29) is 17.4 Å². The lowest BCUT2D eigenvalue weighted by molar-refractivity contribution is -0.114. The average Bonchev–Trinajstić information content (AvgIpc) is 2.98. The summed E-state index contributed by atoms with van der Waals surface area (Å²) in [6.45, 7) is 0. The molecule has 202 valence electrons. The summed E-state index contributed by atoms with van der Waals surface area (Å²) in [6.07, 6.45) is 1.60. The highest BCUT2D eigenvalue weighted by Gasteiger charge is 2.15. The molecule has 40 heavy (non-hydrogen) atoms. The van der Waals surface area contributed by atoms with E-state index in [1.54, 1.807) is 79.9 Å². The molecular weight excluding hydrogens is 590 g/mol. The van der Waals surface area contributed by atoms with Gasteiger partial charge in [-0.2, -0.15) is 0 Å². The Balaban J connectivity index is 1.45. The Morgan fingerprint density at radius 2 is 1.55 bits per heavy atom. The Labute approximate surface area is 245 Å². The molecule has 0 saturated carbocycles. The van der Waals surface area contributed by atoms with Crippen molar-refractivity contribution < 1.29 is 19.1 Å². The van der Waals surface area contributed by atoms with Crippen LogP contribution in [0.25, 0.3) is 6.08 Å². The third kappa shape index (κ3) is 8.59. The Morgan fingerprint density at radius 3 is 2.25 bits per heavy atom. The SMILES string of the molecule is COc1ccc(/C=C(/NC(=O)c2ccccc2)C(=O)Nc2cccc(SCC(=O)Nc3ccc(Br)cc3)c2)cc1. The second kappa shape index (κ2) is 14.2. The predicted octanol–water partition coefficient (Wildman–Crippen LogP) is 6.60. The van der Waals surface area contributed by atoms with E-state index in [1.165, 1.54) is 11.8 Å². The zero-order chi connectivity index (χ0) is 28.3. The third-order valence-corrected chi connectivity index (χ3v) is 7.07. The van der Waals surface area contributed by atoms with Gasteiger partial charge in [-0.15, -0.1) is 11.8 Å². The highest BCUT2D eigenvalue weighted by molar-refractivity contribution is 9.10. The van der Waals surface area contributed by atoms with Gasteiger partial charge in [0.2, 0.25) is 5.91 Å². The molecule has 0 aliphatic heterocycles. The number of nitrogens with one attached hydrogen (secondary N) is 3. The molecule has 0 atom stereocenters. The molecule has 4 rings (SSSR count). The van der Waals surface area contributed by atoms with E-state index in [0.717, 1.165) is 9.37 Å². The fourth-order valence-corrected chi connectivity index (χ4v) is 4.57. The minimum Gasteiger partial charge on any atom is -0.497 e. The third-order valence-electron chi connectivity index (χ3n) is 5.55. The summed E-state index contributed by atoms with van der Waals surface area (Å²) in [6, 6.07) is 30.3. The number of thioether (sulfide) groups is 1. The van der Waals surface area contributed by atoms with Crippen molar-refractivity contribution in [1.29, 1.82) is 0 Å². The summed E-state index contributed by atoms with van der Waals surface area (Å²) in [5.74, 6) is -0.165. The van der Waals surface area contributed by atoms with Crippen LogP contribution in [0.3, 0.4) is 0 Å². The number of carbonyl (C=O) groups excluding carboxylic acids is 3. The van der Waals surface area contributed by atoms with Crippen molar-refractivity contribution in [2.75, 3.05) is 23.5 Å². The van der Waals surface area contributed by atoms with Gasteiger partial charge in [-0.05, 0) is 78.4 Å². The monoisotopic (exact) mass is 615 g/mol. The summed E-state index contributed by atoms with van der Waals surface area (Å²) in [7, 11) is 1.57. The van der Waals surface area contributed by atoms with Crippen molar-refractivity contribution in [2.24, 2.45) is 0 Å². The number of benzene rings is 4. The zero-order valence-electron chi connectivity index (χ0n) is 21.5. The van der Waals surface area contributed by atoms with Crippen LogP contribution in [0.15, 0.2) is 118 Å². The Morgan fingerprint density at radius 1 is 0.825 bits per heavy atom. The summed E-state index contributed by atoms with van der Waals surface area (Å²) in [5, 5.41) is 8.44.